The van der Waals surface area contributed by atoms with E-state index in [2.05, 4.69) is 33.1 Å². The van der Waals surface area contributed by atoms with E-state index in [0.717, 1.165) is 68.2 Å². The van der Waals surface area contributed by atoms with Gasteiger partial charge in [0, 0.05) is 49.5 Å². The molecule has 3 rings (SSSR count). The Morgan fingerprint density at radius 3 is 2.64 bits per heavy atom. The maximum absolute atomic E-state index is 6.04. The molecule has 1 fully saturated rings. The highest BCUT2D eigenvalue weighted by atomic mass is 35.5. The zero-order valence-electron chi connectivity index (χ0n) is 15.0. The van der Waals surface area contributed by atoms with E-state index >= 15 is 0 Å². The Kier molecular flexibility index (Phi) is 6.10. The predicted octanol–water partition coefficient (Wildman–Crippen LogP) is 3.23. The van der Waals surface area contributed by atoms with Crippen molar-refractivity contribution in [2.24, 2.45) is 0 Å². The molecule has 1 aromatic heterocycles. The molecule has 6 heteroatoms. The molecular weight excluding hydrogens is 334 g/mol. The van der Waals surface area contributed by atoms with Crippen LogP contribution in [0.25, 0.3) is 0 Å². The van der Waals surface area contributed by atoms with E-state index in [1.165, 1.54) is 5.56 Å². The highest BCUT2D eigenvalue weighted by Gasteiger charge is 2.18. The van der Waals surface area contributed by atoms with Crippen molar-refractivity contribution in [1.29, 1.82) is 0 Å². The van der Waals surface area contributed by atoms with Crippen LogP contribution in [0.4, 0.5) is 11.8 Å². The lowest BCUT2D eigenvalue weighted by Crippen LogP contribution is -2.46. The van der Waals surface area contributed by atoms with Gasteiger partial charge in [-0.2, -0.15) is 4.98 Å². The Morgan fingerprint density at radius 2 is 1.92 bits per heavy atom. The lowest BCUT2D eigenvalue weighted by molar-refractivity contribution is 0.270. The van der Waals surface area contributed by atoms with Crippen LogP contribution in [0.1, 0.15) is 18.2 Å². The molecule has 2 aromatic rings. The molecule has 0 bridgehead atoms. The summed E-state index contributed by atoms with van der Waals surface area (Å²) in [5.41, 5.74) is 2.22. The van der Waals surface area contributed by atoms with Gasteiger partial charge >= 0.3 is 0 Å². The molecule has 134 valence electrons. The molecule has 1 saturated heterocycles. The van der Waals surface area contributed by atoms with Gasteiger partial charge in [0.1, 0.15) is 5.82 Å². The molecule has 1 N–H and O–H groups in total. The van der Waals surface area contributed by atoms with E-state index in [1.54, 1.807) is 0 Å². The summed E-state index contributed by atoms with van der Waals surface area (Å²) >= 11 is 6.04. The second-order valence-electron chi connectivity index (χ2n) is 6.42. The first-order chi connectivity index (χ1) is 12.1. The Hall–Kier alpha value is -1.85. The second-order valence-corrected chi connectivity index (χ2v) is 6.86. The fourth-order valence-corrected chi connectivity index (χ4v) is 3.29. The number of anilines is 2. The Labute approximate surface area is 155 Å². The molecule has 0 aliphatic carbocycles. The summed E-state index contributed by atoms with van der Waals surface area (Å²) in [6.45, 7) is 10.3. The van der Waals surface area contributed by atoms with Crippen LogP contribution in [-0.4, -0.2) is 54.1 Å². The van der Waals surface area contributed by atoms with Crippen LogP contribution in [0.3, 0.4) is 0 Å². The molecule has 5 nitrogen and oxygen atoms in total. The maximum Gasteiger partial charge on any atom is 0.227 e. The number of benzene rings is 1. The number of hydrogen-bond donors (Lipinski definition) is 1. The highest BCUT2D eigenvalue weighted by molar-refractivity contribution is 6.30. The summed E-state index contributed by atoms with van der Waals surface area (Å²) in [6, 6.07) is 9.99. The lowest BCUT2D eigenvalue weighted by atomic mass is 10.1. The zero-order valence-corrected chi connectivity index (χ0v) is 15.8. The minimum Gasteiger partial charge on any atom is -0.370 e. The number of rotatable bonds is 6. The standard InChI is InChI=1S/C19H26ClN5/c1-3-24-9-11-25(12-10-24)19-22-15(2)13-18(23-19)21-8-7-16-5-4-6-17(20)14-16/h4-6,13-14H,3,7-12H2,1-2H3,(H,21,22,23). The van der Waals surface area contributed by atoms with Gasteiger partial charge < -0.3 is 15.1 Å². The number of hydrogen-bond acceptors (Lipinski definition) is 5. The highest BCUT2D eigenvalue weighted by Crippen LogP contribution is 2.16. The van der Waals surface area contributed by atoms with E-state index < -0.39 is 0 Å². The van der Waals surface area contributed by atoms with Gasteiger partial charge in [-0.15, -0.1) is 0 Å². The fraction of sp³-hybridized carbons (Fsp3) is 0.474. The van der Waals surface area contributed by atoms with Crippen molar-refractivity contribution >= 4 is 23.4 Å². The summed E-state index contributed by atoms with van der Waals surface area (Å²) < 4.78 is 0. The number of piperazine rings is 1. The maximum atomic E-state index is 6.04. The third-order valence-electron chi connectivity index (χ3n) is 4.55. The molecule has 1 aromatic carbocycles. The summed E-state index contributed by atoms with van der Waals surface area (Å²) in [7, 11) is 0. The van der Waals surface area contributed by atoms with Crippen molar-refractivity contribution in [2.75, 3.05) is 49.5 Å². The van der Waals surface area contributed by atoms with Crippen molar-refractivity contribution in [3.05, 3.63) is 46.6 Å². The van der Waals surface area contributed by atoms with Gasteiger partial charge in [0.2, 0.25) is 5.95 Å². The van der Waals surface area contributed by atoms with Crippen molar-refractivity contribution in [1.82, 2.24) is 14.9 Å². The Balaban J connectivity index is 1.59. The minimum absolute atomic E-state index is 0.781. The number of aromatic nitrogens is 2. The summed E-state index contributed by atoms with van der Waals surface area (Å²) in [6.07, 6.45) is 0.911. The summed E-state index contributed by atoms with van der Waals surface area (Å²) in [5, 5.41) is 4.20. The number of halogens is 1. The molecule has 1 aliphatic heterocycles. The van der Waals surface area contributed by atoms with E-state index in [1.807, 2.05) is 31.2 Å². The number of nitrogens with one attached hydrogen (secondary N) is 1. The average molecular weight is 360 g/mol. The molecule has 0 atom stereocenters. The van der Waals surface area contributed by atoms with Gasteiger partial charge in [-0.3, -0.25) is 0 Å². The van der Waals surface area contributed by atoms with Crippen LogP contribution in [0.2, 0.25) is 5.02 Å². The smallest absolute Gasteiger partial charge is 0.227 e. The second kappa shape index (κ2) is 8.50. The number of likely N-dealkylation sites (N-methyl/N-ethyl adjacent to an activating group) is 1. The average Bonchev–Trinajstić information content (AvgIpc) is 2.61. The molecule has 0 saturated carbocycles. The number of aryl methyl sites for hydroxylation is 1. The van der Waals surface area contributed by atoms with E-state index in [9.17, 15) is 0 Å². The lowest BCUT2D eigenvalue weighted by Gasteiger charge is -2.34. The van der Waals surface area contributed by atoms with E-state index in [4.69, 9.17) is 16.6 Å². The van der Waals surface area contributed by atoms with Gasteiger partial charge in [-0.25, -0.2) is 4.98 Å². The zero-order chi connectivity index (χ0) is 17.6. The Bertz CT molecular complexity index is 698. The van der Waals surface area contributed by atoms with Crippen LogP contribution in [0, 0.1) is 6.92 Å². The molecule has 0 unspecified atom stereocenters. The van der Waals surface area contributed by atoms with E-state index in [-0.39, 0.29) is 0 Å². The van der Waals surface area contributed by atoms with Gasteiger partial charge in [0.15, 0.2) is 0 Å². The normalized spacial score (nSPS) is 15.4. The SMILES string of the molecule is CCN1CCN(c2nc(C)cc(NCCc3cccc(Cl)c3)n2)CC1. The fourth-order valence-electron chi connectivity index (χ4n) is 3.08. The first-order valence-electron chi connectivity index (χ1n) is 8.95. The van der Waals surface area contributed by atoms with Crippen molar-refractivity contribution in [3.63, 3.8) is 0 Å². The van der Waals surface area contributed by atoms with E-state index in [0.29, 0.717) is 0 Å². The van der Waals surface area contributed by atoms with Crippen LogP contribution >= 0.6 is 11.6 Å². The molecular formula is C19H26ClN5. The van der Waals surface area contributed by atoms with Gasteiger partial charge in [0.05, 0.1) is 0 Å². The summed E-state index contributed by atoms with van der Waals surface area (Å²) in [5.74, 6) is 1.73. The predicted molar refractivity (Wildman–Crippen MR) is 105 cm³/mol. The van der Waals surface area contributed by atoms with Crippen molar-refractivity contribution in [3.8, 4) is 0 Å². The largest absolute Gasteiger partial charge is 0.370 e. The topological polar surface area (TPSA) is 44.3 Å². The van der Waals surface area contributed by atoms with Crippen molar-refractivity contribution < 1.29 is 0 Å². The Morgan fingerprint density at radius 1 is 1.12 bits per heavy atom. The molecule has 1 aliphatic rings. The monoisotopic (exact) mass is 359 g/mol. The molecule has 0 amide bonds. The van der Waals surface area contributed by atoms with Gasteiger partial charge in [-0.1, -0.05) is 30.7 Å². The minimum atomic E-state index is 0.781. The summed E-state index contributed by atoms with van der Waals surface area (Å²) in [4.78, 5) is 14.1. The van der Waals surface area contributed by atoms with Crippen LogP contribution in [0.5, 0.6) is 0 Å². The first kappa shape index (κ1) is 18.0. The molecule has 25 heavy (non-hydrogen) atoms. The van der Waals surface area contributed by atoms with Gasteiger partial charge in [-0.05, 0) is 37.6 Å². The first-order valence-corrected chi connectivity index (χ1v) is 9.33. The molecule has 0 spiro atoms. The third kappa shape index (κ3) is 5.06. The van der Waals surface area contributed by atoms with Crippen LogP contribution in [0.15, 0.2) is 30.3 Å². The quantitative estimate of drug-likeness (QED) is 0.857. The van der Waals surface area contributed by atoms with Crippen LogP contribution < -0.4 is 10.2 Å². The molecule has 0 radical (unpaired) electrons. The van der Waals surface area contributed by atoms with Gasteiger partial charge in [0.25, 0.3) is 0 Å². The van der Waals surface area contributed by atoms with Crippen LogP contribution in [-0.2, 0) is 6.42 Å². The molecule has 2 heterocycles. The number of nitrogens with zero attached hydrogens (tertiary/aromatic N) is 4. The third-order valence-corrected chi connectivity index (χ3v) is 4.79. The van der Waals surface area contributed by atoms with Crippen molar-refractivity contribution in [2.45, 2.75) is 20.3 Å².